The third kappa shape index (κ3) is 8.36. The summed E-state index contributed by atoms with van der Waals surface area (Å²) >= 11 is 0. The summed E-state index contributed by atoms with van der Waals surface area (Å²) in [5, 5.41) is 0.478. The summed E-state index contributed by atoms with van der Waals surface area (Å²) in [6.45, 7) is 8.13. The molecule has 4 aromatic rings. The molecule has 0 saturated carbocycles. The van der Waals surface area contributed by atoms with Gasteiger partial charge < -0.3 is 19.1 Å². The summed E-state index contributed by atoms with van der Waals surface area (Å²) in [5.41, 5.74) is 2.64. The van der Waals surface area contributed by atoms with Crippen LogP contribution in [0.2, 0.25) is 0 Å². The van der Waals surface area contributed by atoms with E-state index in [0.29, 0.717) is 84.5 Å². The van der Waals surface area contributed by atoms with Crippen LogP contribution in [0, 0.1) is 5.82 Å². The third-order valence-electron chi connectivity index (χ3n) is 8.18. The Hall–Kier alpha value is -4.58. The van der Waals surface area contributed by atoms with Crippen LogP contribution in [-0.2, 0) is 32.6 Å². The highest BCUT2D eigenvalue weighted by Gasteiger charge is 2.24. The van der Waals surface area contributed by atoms with Gasteiger partial charge in [0.15, 0.2) is 0 Å². The maximum absolute atomic E-state index is 15.4. The van der Waals surface area contributed by atoms with Crippen molar-refractivity contribution in [3.05, 3.63) is 59.6 Å². The fourth-order valence-electron chi connectivity index (χ4n) is 5.82. The first-order valence-electron chi connectivity index (χ1n) is 15.9. The average molecular weight is 696 g/mol. The molecule has 0 bridgehead atoms. The van der Waals surface area contributed by atoms with Crippen molar-refractivity contribution >= 4 is 38.5 Å². The second kappa shape index (κ2) is 14.9. The van der Waals surface area contributed by atoms with E-state index < -0.39 is 21.8 Å². The molecule has 6 rings (SSSR count). The SMILES string of the molecule is CCOC(=O)c1cnc(CN2CCN(Cc3cc(F)cc4c(-c5cnc(OC)c(NS(C)(=O)=O)c5)nc(N5CCOCC5)nc34)CC2)nc1. The average Bonchev–Trinajstić information content (AvgIpc) is 3.09. The molecule has 260 valence electrons. The molecule has 2 saturated heterocycles. The van der Waals surface area contributed by atoms with Crippen LogP contribution < -0.4 is 14.4 Å². The molecule has 5 heterocycles. The number of benzene rings is 1. The molecule has 0 amide bonds. The van der Waals surface area contributed by atoms with Crippen molar-refractivity contribution in [2.45, 2.75) is 20.0 Å². The van der Waals surface area contributed by atoms with Crippen LogP contribution in [0.15, 0.2) is 36.8 Å². The van der Waals surface area contributed by atoms with E-state index in [0.717, 1.165) is 32.4 Å². The van der Waals surface area contributed by atoms with Gasteiger partial charge in [0, 0.05) is 75.4 Å². The maximum Gasteiger partial charge on any atom is 0.341 e. The van der Waals surface area contributed by atoms with Gasteiger partial charge in [-0.05, 0) is 30.7 Å². The minimum absolute atomic E-state index is 0.0900. The number of pyridine rings is 1. The molecule has 1 N–H and O–H groups in total. The first-order chi connectivity index (χ1) is 23.6. The van der Waals surface area contributed by atoms with Gasteiger partial charge in [-0.1, -0.05) is 0 Å². The van der Waals surface area contributed by atoms with E-state index in [2.05, 4.69) is 29.5 Å². The lowest BCUT2D eigenvalue weighted by molar-refractivity contribution is 0.0525. The first-order valence-corrected chi connectivity index (χ1v) is 17.8. The monoisotopic (exact) mass is 695 g/mol. The number of carbonyl (C=O) groups is 1. The molecule has 0 unspecified atom stereocenters. The van der Waals surface area contributed by atoms with Crippen LogP contribution in [0.1, 0.15) is 28.7 Å². The minimum atomic E-state index is -3.65. The van der Waals surface area contributed by atoms with Gasteiger partial charge in [-0.25, -0.2) is 42.5 Å². The van der Waals surface area contributed by atoms with E-state index in [1.165, 1.54) is 37.8 Å². The maximum atomic E-state index is 15.4. The molecule has 2 aliphatic heterocycles. The van der Waals surface area contributed by atoms with Crippen LogP contribution >= 0.6 is 0 Å². The number of rotatable bonds is 11. The number of nitrogens with zero attached hydrogens (tertiary/aromatic N) is 8. The van der Waals surface area contributed by atoms with E-state index >= 15 is 4.39 Å². The second-order valence-corrected chi connectivity index (χ2v) is 13.5. The topological polar surface area (TPSA) is 165 Å². The van der Waals surface area contributed by atoms with Crippen LogP contribution in [0.3, 0.4) is 0 Å². The van der Waals surface area contributed by atoms with Crippen LogP contribution in [0.4, 0.5) is 16.0 Å². The number of esters is 1. The van der Waals surface area contributed by atoms with Crippen molar-refractivity contribution in [1.82, 2.24) is 34.7 Å². The normalized spacial score (nSPS) is 16.1. The predicted molar refractivity (Wildman–Crippen MR) is 179 cm³/mol. The van der Waals surface area contributed by atoms with Crippen LogP contribution in [0.5, 0.6) is 5.88 Å². The number of anilines is 2. The van der Waals surface area contributed by atoms with Crippen molar-refractivity contribution in [3.63, 3.8) is 0 Å². The highest BCUT2D eigenvalue weighted by molar-refractivity contribution is 7.92. The van der Waals surface area contributed by atoms with E-state index in [1.807, 2.05) is 4.90 Å². The van der Waals surface area contributed by atoms with Gasteiger partial charge in [0.2, 0.25) is 21.9 Å². The molecule has 49 heavy (non-hydrogen) atoms. The van der Waals surface area contributed by atoms with Gasteiger partial charge in [-0.15, -0.1) is 0 Å². The number of hydrogen-bond donors (Lipinski definition) is 1. The van der Waals surface area contributed by atoms with Crippen molar-refractivity contribution in [2.75, 3.05) is 82.1 Å². The number of fused-ring (bicyclic) bond motifs is 1. The lowest BCUT2D eigenvalue weighted by Crippen LogP contribution is -2.45. The fourth-order valence-corrected chi connectivity index (χ4v) is 6.36. The highest BCUT2D eigenvalue weighted by Crippen LogP contribution is 2.35. The minimum Gasteiger partial charge on any atom is -0.480 e. The fraction of sp³-hybridized carbons (Fsp3) is 0.438. The van der Waals surface area contributed by atoms with Crippen molar-refractivity contribution in [2.24, 2.45) is 0 Å². The number of aromatic nitrogens is 5. The van der Waals surface area contributed by atoms with Gasteiger partial charge >= 0.3 is 5.97 Å². The van der Waals surface area contributed by atoms with Crippen molar-refractivity contribution < 1.29 is 31.8 Å². The van der Waals surface area contributed by atoms with Crippen LogP contribution in [-0.4, -0.2) is 122 Å². The summed E-state index contributed by atoms with van der Waals surface area (Å²) in [5.74, 6) is 0.277. The number of halogens is 1. The molecule has 15 nitrogen and oxygen atoms in total. The predicted octanol–water partition coefficient (Wildman–Crippen LogP) is 2.33. The van der Waals surface area contributed by atoms with Gasteiger partial charge in [-0.3, -0.25) is 14.5 Å². The van der Waals surface area contributed by atoms with Gasteiger partial charge in [0.1, 0.15) is 17.3 Å². The Bertz CT molecular complexity index is 1920. The number of nitrogens with one attached hydrogen (secondary N) is 1. The lowest BCUT2D eigenvalue weighted by atomic mass is 10.0. The summed E-state index contributed by atoms with van der Waals surface area (Å²) in [6.07, 6.45) is 5.53. The quantitative estimate of drug-likeness (QED) is 0.227. The van der Waals surface area contributed by atoms with E-state index in [9.17, 15) is 13.2 Å². The molecule has 2 aliphatic rings. The largest absolute Gasteiger partial charge is 0.480 e. The number of methoxy groups -OCH3 is 1. The molecule has 0 atom stereocenters. The molecular formula is C32H38FN9O6S. The third-order valence-corrected chi connectivity index (χ3v) is 8.77. The highest BCUT2D eigenvalue weighted by atomic mass is 32.2. The summed E-state index contributed by atoms with van der Waals surface area (Å²) in [7, 11) is -2.26. The molecule has 2 fully saturated rings. The number of sulfonamides is 1. The smallest absolute Gasteiger partial charge is 0.341 e. The van der Waals surface area contributed by atoms with E-state index in [4.69, 9.17) is 24.2 Å². The number of piperazine rings is 1. The zero-order valence-corrected chi connectivity index (χ0v) is 28.4. The number of carbonyl (C=O) groups excluding carboxylic acids is 1. The van der Waals surface area contributed by atoms with Gasteiger partial charge in [-0.2, -0.15) is 0 Å². The molecule has 1 aromatic carbocycles. The zero-order chi connectivity index (χ0) is 34.5. The first kappa shape index (κ1) is 34.3. The summed E-state index contributed by atoms with van der Waals surface area (Å²) in [6, 6.07) is 4.49. The number of hydrogen-bond acceptors (Lipinski definition) is 14. The number of morpholine rings is 1. The Kier molecular flexibility index (Phi) is 10.4. The van der Waals surface area contributed by atoms with Gasteiger partial charge in [0.05, 0.1) is 56.5 Å². The van der Waals surface area contributed by atoms with Crippen molar-refractivity contribution in [1.29, 1.82) is 0 Å². The zero-order valence-electron chi connectivity index (χ0n) is 27.6. The van der Waals surface area contributed by atoms with E-state index in [1.54, 1.807) is 13.0 Å². The summed E-state index contributed by atoms with van der Waals surface area (Å²) in [4.78, 5) is 41.2. The molecule has 0 radical (unpaired) electrons. The molecule has 0 spiro atoms. The molecule has 0 aliphatic carbocycles. The Morgan fingerprint density at radius 3 is 2.31 bits per heavy atom. The number of ether oxygens (including phenoxy) is 3. The Labute approximate surface area is 283 Å². The Balaban J connectivity index is 1.27. The lowest BCUT2D eigenvalue weighted by Gasteiger charge is -2.34. The van der Waals surface area contributed by atoms with E-state index in [-0.39, 0.29) is 18.2 Å². The van der Waals surface area contributed by atoms with Gasteiger partial charge in [0.25, 0.3) is 0 Å². The second-order valence-electron chi connectivity index (χ2n) is 11.7. The Morgan fingerprint density at radius 2 is 1.65 bits per heavy atom. The molecular weight excluding hydrogens is 657 g/mol. The molecule has 3 aromatic heterocycles. The summed E-state index contributed by atoms with van der Waals surface area (Å²) < 4.78 is 57.9. The Morgan fingerprint density at radius 1 is 0.959 bits per heavy atom. The van der Waals surface area contributed by atoms with Crippen molar-refractivity contribution in [3.8, 4) is 17.1 Å². The standard InChI is InChI=1S/C32H38FN9O6S/c1-4-48-31(43)23-17-34-27(35-18-23)20-41-7-5-40(6-8-41)19-22-13-24(33)15-25-28(37-32(38-29(22)25)42-9-11-47-12-10-42)21-14-26(39-49(3,44)45)30(46-2)36-16-21/h13-18,39H,4-12,19-20H2,1-3H3. The van der Waals surface area contributed by atoms with Crippen LogP contribution in [0.25, 0.3) is 22.2 Å². The molecule has 17 heteroatoms.